The summed E-state index contributed by atoms with van der Waals surface area (Å²) >= 11 is 0. The largest absolute Gasteiger partial charge is 0.309 e. The van der Waals surface area contributed by atoms with Crippen LogP contribution in [0.3, 0.4) is 0 Å². The highest BCUT2D eigenvalue weighted by Gasteiger charge is 2.44. The van der Waals surface area contributed by atoms with E-state index in [1.807, 2.05) is 36.4 Å². The number of nitrogens with zero attached hydrogens (tertiary/aromatic N) is 3. The van der Waals surface area contributed by atoms with E-state index >= 15 is 0 Å². The molecule has 48 heavy (non-hydrogen) atoms. The van der Waals surface area contributed by atoms with E-state index in [1.165, 1.54) is 15.6 Å². The summed E-state index contributed by atoms with van der Waals surface area (Å²) in [7, 11) is -3.03. The minimum absolute atomic E-state index is 0.640. The van der Waals surface area contributed by atoms with Crippen LogP contribution in [0.4, 0.5) is 0 Å². The Bertz CT molecular complexity index is 2430. The molecule has 1 aromatic heterocycles. The van der Waals surface area contributed by atoms with Crippen LogP contribution >= 0.6 is 0 Å². The van der Waals surface area contributed by atoms with Gasteiger partial charge in [0.15, 0.2) is 8.07 Å². The van der Waals surface area contributed by atoms with Crippen molar-refractivity contribution in [3.63, 3.8) is 0 Å². The lowest BCUT2D eigenvalue weighted by molar-refractivity contribution is 1.18. The second-order valence-corrected chi connectivity index (χ2v) is 15.7. The topological polar surface area (TPSA) is 52.5 Å². The van der Waals surface area contributed by atoms with Gasteiger partial charge in [0.05, 0.1) is 34.3 Å². The average Bonchev–Trinajstić information content (AvgIpc) is 3.50. The van der Waals surface area contributed by atoms with E-state index in [0.29, 0.717) is 11.1 Å². The van der Waals surface area contributed by atoms with Crippen LogP contribution in [-0.4, -0.2) is 12.6 Å². The molecule has 0 radical (unpaired) electrons. The van der Waals surface area contributed by atoms with Crippen LogP contribution in [0.5, 0.6) is 0 Å². The Labute approximate surface area is 280 Å². The molecular formula is C44H29N3Si. The van der Waals surface area contributed by atoms with Gasteiger partial charge < -0.3 is 4.57 Å². The second kappa shape index (κ2) is 12.0. The van der Waals surface area contributed by atoms with E-state index in [9.17, 15) is 10.5 Å². The van der Waals surface area contributed by atoms with Crippen LogP contribution in [0.2, 0.25) is 0 Å². The molecule has 0 fully saturated rings. The van der Waals surface area contributed by atoms with Crippen LogP contribution in [-0.2, 0) is 0 Å². The molecule has 0 unspecified atom stereocenters. The molecule has 0 aliphatic rings. The lowest BCUT2D eigenvalue weighted by Gasteiger charge is -2.36. The van der Waals surface area contributed by atoms with Crippen LogP contribution in [0.15, 0.2) is 176 Å². The minimum Gasteiger partial charge on any atom is -0.309 e. The van der Waals surface area contributed by atoms with Crippen molar-refractivity contribution in [3.05, 3.63) is 187 Å². The van der Waals surface area contributed by atoms with E-state index < -0.39 is 8.07 Å². The molecule has 0 N–H and O–H groups in total. The summed E-state index contributed by atoms with van der Waals surface area (Å²) in [6.45, 7) is 0. The van der Waals surface area contributed by atoms with Crippen molar-refractivity contribution in [2.75, 3.05) is 0 Å². The number of rotatable bonds is 6. The van der Waals surface area contributed by atoms with Crippen LogP contribution in [0.25, 0.3) is 38.6 Å². The summed E-state index contributed by atoms with van der Waals surface area (Å²) < 4.78 is 2.28. The van der Waals surface area contributed by atoms with Gasteiger partial charge in [-0.3, -0.25) is 0 Å². The molecule has 0 spiro atoms. The predicted molar refractivity (Wildman–Crippen MR) is 199 cm³/mol. The molecule has 3 nitrogen and oxygen atoms in total. The molecule has 0 aliphatic carbocycles. The number of nitriles is 2. The SMILES string of the molecule is N#Cc1ccc2c(c1)c1ccccc1n2-c1cccc(-c2cccc(C#N)c2[Si](c2ccccc2)(c2ccccc2)c2ccccc2)c1. The van der Waals surface area contributed by atoms with Gasteiger partial charge in [-0.25, -0.2) is 0 Å². The Morgan fingerprint density at radius 2 is 1.04 bits per heavy atom. The van der Waals surface area contributed by atoms with Crippen molar-refractivity contribution in [3.8, 4) is 29.0 Å². The number of fused-ring (bicyclic) bond motifs is 3. The molecule has 1 heterocycles. The number of para-hydroxylation sites is 1. The Morgan fingerprint density at radius 1 is 0.458 bits per heavy atom. The molecule has 4 heteroatoms. The first-order valence-corrected chi connectivity index (χ1v) is 18.0. The van der Waals surface area contributed by atoms with Crippen molar-refractivity contribution >= 4 is 50.6 Å². The first-order valence-electron chi connectivity index (χ1n) is 16.0. The summed E-state index contributed by atoms with van der Waals surface area (Å²) in [5.41, 5.74) is 6.55. The van der Waals surface area contributed by atoms with Crippen molar-refractivity contribution in [2.45, 2.75) is 0 Å². The third-order valence-electron chi connectivity index (χ3n) is 9.40. The maximum atomic E-state index is 10.8. The molecule has 0 amide bonds. The fourth-order valence-corrected chi connectivity index (χ4v) is 12.5. The molecule has 0 aliphatic heterocycles. The number of hydrogen-bond donors (Lipinski definition) is 0. The normalized spacial score (nSPS) is 11.3. The summed E-state index contributed by atoms with van der Waals surface area (Å²) in [6.07, 6.45) is 0. The van der Waals surface area contributed by atoms with Gasteiger partial charge >= 0.3 is 0 Å². The van der Waals surface area contributed by atoms with Gasteiger partial charge in [-0.15, -0.1) is 0 Å². The number of hydrogen-bond acceptors (Lipinski definition) is 2. The highest BCUT2D eigenvalue weighted by atomic mass is 28.3. The number of benzene rings is 7. The van der Waals surface area contributed by atoms with Crippen LogP contribution in [0.1, 0.15) is 11.1 Å². The van der Waals surface area contributed by atoms with E-state index in [-0.39, 0.29) is 0 Å². The third kappa shape index (κ3) is 4.55. The van der Waals surface area contributed by atoms with E-state index in [2.05, 4.69) is 156 Å². The fraction of sp³-hybridized carbons (Fsp3) is 0. The predicted octanol–water partition coefficient (Wildman–Crippen LogP) is 7.57. The van der Waals surface area contributed by atoms with E-state index in [0.717, 1.165) is 43.8 Å². The number of aromatic nitrogens is 1. The fourth-order valence-electron chi connectivity index (χ4n) is 7.42. The first-order chi connectivity index (χ1) is 23.7. The molecule has 8 aromatic rings. The quantitative estimate of drug-likeness (QED) is 0.141. The van der Waals surface area contributed by atoms with Crippen molar-refractivity contribution in [2.24, 2.45) is 0 Å². The minimum atomic E-state index is -3.03. The zero-order valence-electron chi connectivity index (χ0n) is 26.1. The lowest BCUT2D eigenvalue weighted by atomic mass is 10.0. The molecule has 7 aromatic carbocycles. The summed E-state index contributed by atoms with van der Waals surface area (Å²) in [4.78, 5) is 0. The van der Waals surface area contributed by atoms with Gasteiger partial charge in [-0.05, 0) is 74.3 Å². The van der Waals surface area contributed by atoms with Gasteiger partial charge in [-0.2, -0.15) is 10.5 Å². The smallest absolute Gasteiger partial charge is 0.181 e. The summed E-state index contributed by atoms with van der Waals surface area (Å²) in [6, 6.07) is 66.2. The van der Waals surface area contributed by atoms with Gasteiger partial charge in [-0.1, -0.05) is 133 Å². The maximum Gasteiger partial charge on any atom is 0.181 e. The highest BCUT2D eigenvalue weighted by molar-refractivity contribution is 7.20. The van der Waals surface area contributed by atoms with Crippen molar-refractivity contribution < 1.29 is 0 Å². The zero-order valence-corrected chi connectivity index (χ0v) is 27.1. The standard InChI is InChI=1S/C44H29N3Si/c45-30-32-26-27-43-41(28-32)40-23-10-11-25-42(40)47(43)35-16-12-14-33(29-35)39-24-13-15-34(31-46)44(39)48(36-17-4-1-5-18-36,37-19-6-2-7-20-37)38-21-8-3-9-22-38/h1-29H. The molecular weight excluding hydrogens is 599 g/mol. The maximum absolute atomic E-state index is 10.8. The average molecular weight is 628 g/mol. The van der Waals surface area contributed by atoms with Crippen molar-refractivity contribution in [1.29, 1.82) is 10.5 Å². The Hall–Kier alpha value is -6.46. The van der Waals surface area contributed by atoms with Crippen LogP contribution < -0.4 is 20.7 Å². The first kappa shape index (κ1) is 29.0. The monoisotopic (exact) mass is 627 g/mol. The third-order valence-corrected chi connectivity index (χ3v) is 14.3. The zero-order chi connectivity index (χ0) is 32.5. The Morgan fingerprint density at radius 3 is 1.67 bits per heavy atom. The van der Waals surface area contributed by atoms with E-state index in [4.69, 9.17) is 0 Å². The molecule has 8 rings (SSSR count). The molecule has 0 atom stereocenters. The van der Waals surface area contributed by atoms with Gasteiger partial charge in [0, 0.05) is 16.5 Å². The van der Waals surface area contributed by atoms with Gasteiger partial charge in [0.2, 0.25) is 0 Å². The van der Waals surface area contributed by atoms with Gasteiger partial charge in [0.1, 0.15) is 0 Å². The van der Waals surface area contributed by atoms with E-state index in [1.54, 1.807) is 0 Å². The Kier molecular flexibility index (Phi) is 7.27. The van der Waals surface area contributed by atoms with Gasteiger partial charge in [0.25, 0.3) is 0 Å². The molecule has 0 bridgehead atoms. The molecule has 0 saturated carbocycles. The lowest BCUT2D eigenvalue weighted by Crippen LogP contribution is -2.75. The van der Waals surface area contributed by atoms with Crippen molar-refractivity contribution in [1.82, 2.24) is 4.57 Å². The summed E-state index contributed by atoms with van der Waals surface area (Å²) in [5, 5.41) is 27.4. The molecule has 0 saturated heterocycles. The second-order valence-electron chi connectivity index (χ2n) is 11.9. The van der Waals surface area contributed by atoms with Crippen LogP contribution in [0, 0.1) is 22.7 Å². The Balaban J connectivity index is 1.46. The molecule has 224 valence electrons. The highest BCUT2D eigenvalue weighted by Crippen LogP contribution is 2.34. The summed E-state index contributed by atoms with van der Waals surface area (Å²) in [5.74, 6) is 0.